The molecule has 0 aliphatic rings. The fourth-order valence-corrected chi connectivity index (χ4v) is 0.928. The number of rotatable bonds is 4. The largest absolute Gasteiger partial charge is 0.378 e. The summed E-state index contributed by atoms with van der Waals surface area (Å²) in [5, 5.41) is 9.17. The Balaban J connectivity index is 3.16. The van der Waals surface area contributed by atoms with Crippen molar-refractivity contribution in [3.63, 3.8) is 0 Å². The van der Waals surface area contributed by atoms with E-state index in [4.69, 9.17) is 0 Å². The molecule has 0 aromatic rings. The zero-order valence-electron chi connectivity index (χ0n) is 6.29. The van der Waals surface area contributed by atoms with Crippen molar-refractivity contribution in [1.82, 2.24) is 4.90 Å². The third kappa shape index (κ3) is 4.75. The summed E-state index contributed by atoms with van der Waals surface area (Å²) >= 11 is 1.76. The molecule has 0 aliphatic carbocycles. The van der Waals surface area contributed by atoms with Crippen molar-refractivity contribution in [2.45, 2.75) is 12.6 Å². The second kappa shape index (κ2) is 5.09. The van der Waals surface area contributed by atoms with Crippen LogP contribution in [0, 0.1) is 0 Å². The highest BCUT2D eigenvalue weighted by Gasteiger charge is 2.03. The Hall–Kier alpha value is 0.270. The number of nitrogens with zero attached hydrogens (tertiary/aromatic N) is 1. The molecule has 0 fully saturated rings. The van der Waals surface area contributed by atoms with Crippen LogP contribution in [0.15, 0.2) is 0 Å². The summed E-state index contributed by atoms with van der Waals surface area (Å²) in [6, 6.07) is 0. The highest BCUT2D eigenvalue weighted by atomic mass is 32.2. The Morgan fingerprint density at radius 3 is 2.44 bits per heavy atom. The standard InChI is InChI=1S/C6H15NOS/c1-7(2)6(8)4-5-9-3/h6,8H,4-5H2,1-3H3. The van der Waals surface area contributed by atoms with Crippen molar-refractivity contribution in [1.29, 1.82) is 0 Å². The minimum Gasteiger partial charge on any atom is -0.378 e. The molecule has 2 nitrogen and oxygen atoms in total. The van der Waals surface area contributed by atoms with Crippen molar-refractivity contribution in [3.05, 3.63) is 0 Å². The molecule has 0 amide bonds. The molecule has 0 aromatic heterocycles. The van der Waals surface area contributed by atoms with E-state index >= 15 is 0 Å². The molecular weight excluding hydrogens is 134 g/mol. The maximum absolute atomic E-state index is 9.17. The summed E-state index contributed by atoms with van der Waals surface area (Å²) < 4.78 is 0. The Labute approximate surface area is 61.2 Å². The zero-order valence-corrected chi connectivity index (χ0v) is 7.11. The number of hydrogen-bond donors (Lipinski definition) is 1. The maximum atomic E-state index is 9.17. The summed E-state index contributed by atoms with van der Waals surface area (Å²) in [6.07, 6.45) is 2.63. The van der Waals surface area contributed by atoms with Gasteiger partial charge in [0.2, 0.25) is 0 Å². The van der Waals surface area contributed by atoms with Crippen LogP contribution in [0.25, 0.3) is 0 Å². The average molecular weight is 149 g/mol. The van der Waals surface area contributed by atoms with E-state index in [1.54, 1.807) is 11.8 Å². The van der Waals surface area contributed by atoms with Crippen LogP contribution in [-0.2, 0) is 0 Å². The molecule has 0 radical (unpaired) electrons. The summed E-state index contributed by atoms with van der Waals surface area (Å²) in [5.41, 5.74) is 0. The summed E-state index contributed by atoms with van der Waals surface area (Å²) in [4.78, 5) is 1.82. The molecule has 0 aromatic carbocycles. The second-order valence-electron chi connectivity index (χ2n) is 2.23. The van der Waals surface area contributed by atoms with Gasteiger partial charge in [-0.15, -0.1) is 0 Å². The minimum absolute atomic E-state index is 0.266. The monoisotopic (exact) mass is 149 g/mol. The van der Waals surface area contributed by atoms with Crippen LogP contribution in [-0.4, -0.2) is 42.3 Å². The predicted molar refractivity (Wildman–Crippen MR) is 42.7 cm³/mol. The van der Waals surface area contributed by atoms with Crippen LogP contribution in [0.5, 0.6) is 0 Å². The topological polar surface area (TPSA) is 23.5 Å². The van der Waals surface area contributed by atoms with Crippen molar-refractivity contribution >= 4 is 11.8 Å². The molecule has 0 aliphatic heterocycles. The van der Waals surface area contributed by atoms with E-state index in [9.17, 15) is 5.11 Å². The van der Waals surface area contributed by atoms with Gasteiger partial charge in [-0.2, -0.15) is 11.8 Å². The summed E-state index contributed by atoms with van der Waals surface area (Å²) in [6.45, 7) is 0. The van der Waals surface area contributed by atoms with Crippen LogP contribution in [0.2, 0.25) is 0 Å². The van der Waals surface area contributed by atoms with Gasteiger partial charge in [0.05, 0.1) is 0 Å². The maximum Gasteiger partial charge on any atom is 0.107 e. The van der Waals surface area contributed by atoms with Crippen molar-refractivity contribution in [2.75, 3.05) is 26.1 Å². The van der Waals surface area contributed by atoms with Crippen LogP contribution in [0.1, 0.15) is 6.42 Å². The molecule has 3 heteroatoms. The molecule has 0 saturated heterocycles. The molecule has 9 heavy (non-hydrogen) atoms. The molecule has 0 rings (SSSR count). The molecule has 1 N–H and O–H groups in total. The predicted octanol–water partition coefficient (Wildman–Crippen LogP) is 0.619. The van der Waals surface area contributed by atoms with Gasteiger partial charge in [0, 0.05) is 0 Å². The first-order valence-electron chi connectivity index (χ1n) is 3.02. The fraction of sp³-hybridized carbons (Fsp3) is 1.00. The highest BCUT2D eigenvalue weighted by molar-refractivity contribution is 7.98. The Kier molecular flexibility index (Phi) is 5.24. The Bertz CT molecular complexity index is 68.1. The van der Waals surface area contributed by atoms with Gasteiger partial charge in [-0.25, -0.2) is 0 Å². The third-order valence-corrected chi connectivity index (χ3v) is 1.82. The molecule has 0 bridgehead atoms. The number of thioether (sulfide) groups is 1. The SMILES string of the molecule is CSCCC(O)N(C)C. The highest BCUT2D eigenvalue weighted by Crippen LogP contribution is 2.01. The van der Waals surface area contributed by atoms with Crippen molar-refractivity contribution < 1.29 is 5.11 Å². The lowest BCUT2D eigenvalue weighted by Gasteiger charge is -2.17. The van der Waals surface area contributed by atoms with Crippen molar-refractivity contribution in [3.8, 4) is 0 Å². The van der Waals surface area contributed by atoms with E-state index < -0.39 is 0 Å². The van der Waals surface area contributed by atoms with E-state index in [-0.39, 0.29) is 6.23 Å². The van der Waals surface area contributed by atoms with E-state index in [1.165, 1.54) is 0 Å². The number of aliphatic hydroxyl groups excluding tert-OH is 1. The van der Waals surface area contributed by atoms with Gasteiger partial charge >= 0.3 is 0 Å². The smallest absolute Gasteiger partial charge is 0.107 e. The van der Waals surface area contributed by atoms with E-state index in [2.05, 4.69) is 0 Å². The molecule has 1 atom stereocenters. The van der Waals surface area contributed by atoms with Crippen LogP contribution in [0.4, 0.5) is 0 Å². The summed E-state index contributed by atoms with van der Waals surface area (Å²) in [7, 11) is 3.76. The van der Waals surface area contributed by atoms with Gasteiger partial charge < -0.3 is 5.11 Å². The Morgan fingerprint density at radius 2 is 2.11 bits per heavy atom. The average Bonchev–Trinajstić information content (AvgIpc) is 1.82. The van der Waals surface area contributed by atoms with Gasteiger partial charge in [-0.05, 0) is 32.5 Å². The number of aliphatic hydroxyl groups is 1. The zero-order chi connectivity index (χ0) is 7.28. The van der Waals surface area contributed by atoms with Gasteiger partial charge in [0.1, 0.15) is 6.23 Å². The first-order valence-corrected chi connectivity index (χ1v) is 4.41. The molecule has 56 valence electrons. The minimum atomic E-state index is -0.266. The summed E-state index contributed by atoms with van der Waals surface area (Å²) in [5.74, 6) is 1.03. The first kappa shape index (κ1) is 9.27. The van der Waals surface area contributed by atoms with Gasteiger partial charge in [0.15, 0.2) is 0 Å². The van der Waals surface area contributed by atoms with Gasteiger partial charge in [0.25, 0.3) is 0 Å². The van der Waals surface area contributed by atoms with Crippen LogP contribution >= 0.6 is 11.8 Å². The van der Waals surface area contributed by atoms with Gasteiger partial charge in [-0.3, -0.25) is 4.90 Å². The third-order valence-electron chi connectivity index (χ3n) is 1.18. The lowest BCUT2D eigenvalue weighted by atomic mass is 10.4. The normalized spacial score (nSPS) is 14.3. The quantitative estimate of drug-likeness (QED) is 0.593. The molecule has 0 spiro atoms. The van der Waals surface area contributed by atoms with Crippen LogP contribution in [0.3, 0.4) is 0 Å². The van der Waals surface area contributed by atoms with Crippen LogP contribution < -0.4 is 0 Å². The van der Waals surface area contributed by atoms with Crippen molar-refractivity contribution in [2.24, 2.45) is 0 Å². The number of hydrogen-bond acceptors (Lipinski definition) is 3. The molecule has 1 unspecified atom stereocenters. The second-order valence-corrected chi connectivity index (χ2v) is 3.21. The molecule has 0 heterocycles. The lowest BCUT2D eigenvalue weighted by Crippen LogP contribution is -2.27. The lowest BCUT2D eigenvalue weighted by molar-refractivity contribution is 0.0387. The van der Waals surface area contributed by atoms with E-state index in [0.717, 1.165) is 12.2 Å². The van der Waals surface area contributed by atoms with E-state index in [0.29, 0.717) is 0 Å². The Morgan fingerprint density at radius 1 is 1.56 bits per heavy atom. The fourth-order valence-electron chi connectivity index (χ4n) is 0.481. The first-order chi connectivity index (χ1) is 4.18. The molecular formula is C6H15NOS. The van der Waals surface area contributed by atoms with E-state index in [1.807, 2.05) is 25.3 Å². The molecule has 0 saturated carbocycles. The van der Waals surface area contributed by atoms with Gasteiger partial charge in [-0.1, -0.05) is 0 Å².